The molecule has 0 aliphatic heterocycles. The summed E-state index contributed by atoms with van der Waals surface area (Å²) in [6.45, 7) is 6.68. The van der Waals surface area contributed by atoms with Crippen LogP contribution in [0.5, 0.6) is 0 Å². The zero-order valence-electron chi connectivity index (χ0n) is 12.6. The van der Waals surface area contributed by atoms with Crippen LogP contribution < -0.4 is 0 Å². The summed E-state index contributed by atoms with van der Waals surface area (Å²) in [6, 6.07) is 8.32. The summed E-state index contributed by atoms with van der Waals surface area (Å²) in [7, 11) is 0. The summed E-state index contributed by atoms with van der Waals surface area (Å²) in [6.07, 6.45) is 1.86. The van der Waals surface area contributed by atoms with Gasteiger partial charge in [-0.25, -0.2) is 0 Å². The Labute approximate surface area is 126 Å². The first kappa shape index (κ1) is 17.1. The zero-order chi connectivity index (χ0) is 15.0. The summed E-state index contributed by atoms with van der Waals surface area (Å²) >= 11 is 1.57. The Balaban J connectivity index is 2.64. The first-order chi connectivity index (χ1) is 9.63. The van der Waals surface area contributed by atoms with Crippen LogP contribution in [-0.2, 0) is 4.79 Å². The standard InChI is InChI=1S/C16H25NO2S/c1-4-14(5-2)17(10-11-18)16(19)12-20-15-9-7-6-8-13(15)3/h6-9,14,18H,4-5,10-12H2,1-3H3. The van der Waals surface area contributed by atoms with Gasteiger partial charge in [0.1, 0.15) is 0 Å². The third kappa shape index (κ3) is 4.84. The minimum Gasteiger partial charge on any atom is -0.395 e. The van der Waals surface area contributed by atoms with Gasteiger partial charge in [0, 0.05) is 17.5 Å². The van der Waals surface area contributed by atoms with E-state index in [0.29, 0.717) is 12.3 Å². The lowest BCUT2D eigenvalue weighted by molar-refractivity contribution is -0.131. The molecule has 112 valence electrons. The van der Waals surface area contributed by atoms with Gasteiger partial charge in [-0.15, -0.1) is 11.8 Å². The third-order valence-corrected chi connectivity index (χ3v) is 4.65. The molecule has 0 heterocycles. The average Bonchev–Trinajstić information content (AvgIpc) is 2.46. The van der Waals surface area contributed by atoms with Gasteiger partial charge in [0.15, 0.2) is 0 Å². The molecule has 1 aromatic rings. The molecule has 1 N–H and O–H groups in total. The molecule has 1 amide bonds. The van der Waals surface area contributed by atoms with E-state index in [2.05, 4.69) is 26.8 Å². The minimum absolute atomic E-state index is 0.0251. The molecule has 3 nitrogen and oxygen atoms in total. The molecule has 0 radical (unpaired) electrons. The Kier molecular flexibility index (Phi) is 7.70. The molecule has 1 aromatic carbocycles. The van der Waals surface area contributed by atoms with E-state index in [1.165, 1.54) is 5.56 Å². The molecule has 0 bridgehead atoms. The van der Waals surface area contributed by atoms with Crippen LogP contribution in [-0.4, -0.2) is 40.9 Å². The molecule has 0 saturated heterocycles. The Morgan fingerprint density at radius 3 is 2.50 bits per heavy atom. The number of aliphatic hydroxyl groups is 1. The van der Waals surface area contributed by atoms with Crippen molar-refractivity contribution in [2.45, 2.75) is 44.6 Å². The number of thioether (sulfide) groups is 1. The highest BCUT2D eigenvalue weighted by molar-refractivity contribution is 8.00. The molecule has 0 spiro atoms. The lowest BCUT2D eigenvalue weighted by Crippen LogP contribution is -2.42. The van der Waals surface area contributed by atoms with E-state index in [0.717, 1.165) is 17.7 Å². The summed E-state index contributed by atoms with van der Waals surface area (Å²) in [4.78, 5) is 15.3. The first-order valence-corrected chi connectivity index (χ1v) is 8.21. The van der Waals surface area contributed by atoms with Crippen molar-refractivity contribution in [3.63, 3.8) is 0 Å². The normalized spacial score (nSPS) is 10.8. The molecule has 4 heteroatoms. The summed E-state index contributed by atoms with van der Waals surface area (Å²) in [5.74, 6) is 0.544. The van der Waals surface area contributed by atoms with E-state index >= 15 is 0 Å². The van der Waals surface area contributed by atoms with E-state index in [4.69, 9.17) is 5.11 Å². The van der Waals surface area contributed by atoms with Gasteiger partial charge in [0.25, 0.3) is 0 Å². The van der Waals surface area contributed by atoms with Crippen molar-refractivity contribution in [1.82, 2.24) is 4.90 Å². The maximum Gasteiger partial charge on any atom is 0.233 e. The highest BCUT2D eigenvalue weighted by Crippen LogP contribution is 2.22. The van der Waals surface area contributed by atoms with Gasteiger partial charge < -0.3 is 10.0 Å². The number of rotatable bonds is 8. The summed E-state index contributed by atoms with van der Waals surface area (Å²) in [5, 5.41) is 9.15. The van der Waals surface area contributed by atoms with Crippen LogP contribution >= 0.6 is 11.8 Å². The van der Waals surface area contributed by atoms with Gasteiger partial charge in [-0.3, -0.25) is 4.79 Å². The van der Waals surface area contributed by atoms with Crippen molar-refractivity contribution >= 4 is 17.7 Å². The van der Waals surface area contributed by atoms with Crippen molar-refractivity contribution in [3.8, 4) is 0 Å². The van der Waals surface area contributed by atoms with E-state index in [1.54, 1.807) is 11.8 Å². The molecule has 0 unspecified atom stereocenters. The van der Waals surface area contributed by atoms with Crippen LogP contribution in [0.25, 0.3) is 0 Å². The molecule has 0 aliphatic carbocycles. The van der Waals surface area contributed by atoms with Gasteiger partial charge in [-0.1, -0.05) is 32.0 Å². The molecule has 0 saturated carbocycles. The second-order valence-corrected chi connectivity index (χ2v) is 5.85. The van der Waals surface area contributed by atoms with Crippen molar-refractivity contribution in [2.24, 2.45) is 0 Å². The third-order valence-electron chi connectivity index (χ3n) is 3.49. The van der Waals surface area contributed by atoms with Crippen molar-refractivity contribution in [2.75, 3.05) is 18.9 Å². The summed E-state index contributed by atoms with van der Waals surface area (Å²) in [5.41, 5.74) is 1.20. The maximum absolute atomic E-state index is 12.4. The number of hydrogen-bond donors (Lipinski definition) is 1. The minimum atomic E-state index is 0.0251. The number of benzene rings is 1. The maximum atomic E-state index is 12.4. The molecule has 1 rings (SSSR count). The fourth-order valence-electron chi connectivity index (χ4n) is 2.29. The van der Waals surface area contributed by atoms with Crippen LogP contribution in [0.1, 0.15) is 32.3 Å². The van der Waals surface area contributed by atoms with Gasteiger partial charge in [0.2, 0.25) is 5.91 Å². The zero-order valence-corrected chi connectivity index (χ0v) is 13.4. The van der Waals surface area contributed by atoms with Crippen LogP contribution in [0.4, 0.5) is 0 Å². The highest BCUT2D eigenvalue weighted by atomic mass is 32.2. The molecule has 0 aromatic heterocycles. The van der Waals surface area contributed by atoms with Crippen molar-refractivity contribution in [3.05, 3.63) is 29.8 Å². The lowest BCUT2D eigenvalue weighted by atomic mass is 10.1. The second-order valence-electron chi connectivity index (χ2n) is 4.84. The van der Waals surface area contributed by atoms with E-state index in [1.807, 2.05) is 23.1 Å². The van der Waals surface area contributed by atoms with E-state index in [-0.39, 0.29) is 18.6 Å². The largest absolute Gasteiger partial charge is 0.395 e. The molecular weight excluding hydrogens is 270 g/mol. The quantitative estimate of drug-likeness (QED) is 0.749. The number of aliphatic hydroxyl groups excluding tert-OH is 1. The van der Waals surface area contributed by atoms with E-state index < -0.39 is 0 Å². The topological polar surface area (TPSA) is 40.5 Å². The number of carbonyl (C=O) groups is 1. The lowest BCUT2D eigenvalue weighted by Gasteiger charge is -2.30. The Morgan fingerprint density at radius 2 is 1.95 bits per heavy atom. The predicted octanol–water partition coefficient (Wildman–Crippen LogP) is 3.10. The highest BCUT2D eigenvalue weighted by Gasteiger charge is 2.20. The average molecular weight is 295 g/mol. The van der Waals surface area contributed by atoms with Crippen LogP contribution in [0.15, 0.2) is 29.2 Å². The fourth-order valence-corrected chi connectivity index (χ4v) is 3.20. The number of amides is 1. The number of aryl methyl sites for hydroxylation is 1. The fraction of sp³-hybridized carbons (Fsp3) is 0.562. The predicted molar refractivity (Wildman–Crippen MR) is 85.1 cm³/mol. The van der Waals surface area contributed by atoms with Gasteiger partial charge in [-0.05, 0) is 31.4 Å². The Bertz CT molecular complexity index is 419. The summed E-state index contributed by atoms with van der Waals surface area (Å²) < 4.78 is 0. The molecule has 20 heavy (non-hydrogen) atoms. The Hall–Kier alpha value is -1.00. The molecule has 0 fully saturated rings. The number of hydrogen-bond acceptors (Lipinski definition) is 3. The number of carbonyl (C=O) groups excluding carboxylic acids is 1. The monoisotopic (exact) mass is 295 g/mol. The van der Waals surface area contributed by atoms with Gasteiger partial charge in [0.05, 0.1) is 12.4 Å². The van der Waals surface area contributed by atoms with Crippen molar-refractivity contribution in [1.29, 1.82) is 0 Å². The molecule has 0 atom stereocenters. The SMILES string of the molecule is CCC(CC)N(CCO)C(=O)CSc1ccccc1C. The first-order valence-electron chi connectivity index (χ1n) is 7.22. The van der Waals surface area contributed by atoms with Crippen molar-refractivity contribution < 1.29 is 9.90 Å². The van der Waals surface area contributed by atoms with Gasteiger partial charge >= 0.3 is 0 Å². The van der Waals surface area contributed by atoms with Crippen LogP contribution in [0, 0.1) is 6.92 Å². The molecule has 0 aliphatic rings. The van der Waals surface area contributed by atoms with Gasteiger partial charge in [-0.2, -0.15) is 0 Å². The van der Waals surface area contributed by atoms with Crippen LogP contribution in [0.3, 0.4) is 0 Å². The Morgan fingerprint density at radius 1 is 1.30 bits per heavy atom. The number of nitrogens with zero attached hydrogens (tertiary/aromatic N) is 1. The molecular formula is C16H25NO2S. The van der Waals surface area contributed by atoms with E-state index in [9.17, 15) is 4.79 Å². The smallest absolute Gasteiger partial charge is 0.233 e. The second kappa shape index (κ2) is 9.03. The van der Waals surface area contributed by atoms with Crippen LogP contribution in [0.2, 0.25) is 0 Å².